The zero-order valence-electron chi connectivity index (χ0n) is 49.5. The second-order valence-corrected chi connectivity index (χ2v) is 20.1. The van der Waals surface area contributed by atoms with Gasteiger partial charge in [-0.15, -0.1) is 0 Å². The van der Waals surface area contributed by atoms with Crippen molar-refractivity contribution in [2.24, 2.45) is 5.73 Å². The van der Waals surface area contributed by atoms with Gasteiger partial charge in [-0.3, -0.25) is 24.5 Å². The number of hydrogen-bond acceptors (Lipinski definition) is 16. The Morgan fingerprint density at radius 3 is 1.78 bits per heavy atom. The zero-order valence-corrected chi connectivity index (χ0v) is 49.5. The first-order valence-corrected chi connectivity index (χ1v) is 28.9. The van der Waals surface area contributed by atoms with E-state index in [2.05, 4.69) is 63.0 Å². The van der Waals surface area contributed by atoms with Crippen LogP contribution >= 0.6 is 0 Å². The molecule has 6 aromatic carbocycles. The number of amides is 4. The summed E-state index contributed by atoms with van der Waals surface area (Å²) in [4.78, 5) is 67.4. The van der Waals surface area contributed by atoms with Crippen molar-refractivity contribution in [1.82, 2.24) is 21.3 Å². The number of nitrogens with two attached hydrogens (primary N) is 1. The maximum Gasteiger partial charge on any atom is 0.407 e. The molecule has 20 heteroatoms. The number of fused-ring (bicyclic) bond motifs is 3. The van der Waals surface area contributed by atoms with E-state index in [0.29, 0.717) is 124 Å². The Morgan fingerprint density at radius 2 is 1.21 bits per heavy atom. The van der Waals surface area contributed by atoms with Crippen molar-refractivity contribution in [2.45, 2.75) is 62.8 Å². The highest BCUT2D eigenvalue weighted by Gasteiger charge is 2.36. The molecule has 0 fully saturated rings. The van der Waals surface area contributed by atoms with Crippen LogP contribution in [-0.4, -0.2) is 131 Å². The van der Waals surface area contributed by atoms with E-state index in [1.54, 1.807) is 36.4 Å². The maximum absolute atomic E-state index is 14.2. The van der Waals surface area contributed by atoms with Gasteiger partial charge in [0.25, 0.3) is 0 Å². The van der Waals surface area contributed by atoms with Crippen LogP contribution in [-0.2, 0) is 56.6 Å². The van der Waals surface area contributed by atoms with Crippen LogP contribution in [0.25, 0.3) is 11.1 Å². The summed E-state index contributed by atoms with van der Waals surface area (Å²) in [7, 11) is 6.00. The smallest absolute Gasteiger partial charge is 0.407 e. The Morgan fingerprint density at radius 1 is 0.628 bits per heavy atom. The lowest BCUT2D eigenvalue weighted by molar-refractivity contribution is -0.128. The fourth-order valence-electron chi connectivity index (χ4n) is 10.3. The SMILES string of the molecule is COc1cc2c(c(OC)c1OC)-c1ccc(OC)c(=O)cc1[C@@H](NC(=O)OCc1ccc(NC(=O)C(CCCCNC(c3ccccc3)(c3ccccc3)c3ccccc3)NC(=O)CNC(=O)CCOCCOCCOCCOCCN)cc1)CC2. The highest BCUT2D eigenvalue weighted by molar-refractivity contribution is 5.97. The Labute approximate surface area is 502 Å². The summed E-state index contributed by atoms with van der Waals surface area (Å²) in [5, 5.41) is 15.3. The van der Waals surface area contributed by atoms with E-state index >= 15 is 0 Å². The van der Waals surface area contributed by atoms with Crippen molar-refractivity contribution in [3.63, 3.8) is 0 Å². The van der Waals surface area contributed by atoms with E-state index in [1.807, 2.05) is 60.7 Å². The molecule has 2 atom stereocenters. The molecule has 0 aromatic heterocycles. The quantitative estimate of drug-likeness (QED) is 0.0168. The highest BCUT2D eigenvalue weighted by atomic mass is 16.6. The largest absolute Gasteiger partial charge is 0.493 e. The normalized spacial score (nSPS) is 13.0. The molecule has 6 aromatic rings. The summed E-state index contributed by atoms with van der Waals surface area (Å²) in [6.45, 7) is 3.47. The summed E-state index contributed by atoms with van der Waals surface area (Å²) < 4.78 is 50.1. The molecule has 0 heterocycles. The fourth-order valence-corrected chi connectivity index (χ4v) is 10.3. The number of rotatable bonds is 35. The molecule has 0 aliphatic heterocycles. The number of benzene rings is 5. The number of aryl methyl sites for hydroxylation is 1. The lowest BCUT2D eigenvalue weighted by atomic mass is 9.77. The Balaban J connectivity index is 0.965. The Kier molecular flexibility index (Phi) is 26.2. The van der Waals surface area contributed by atoms with Gasteiger partial charge in [-0.2, -0.15) is 0 Å². The molecular weight excluding hydrogens is 1100 g/mol. The van der Waals surface area contributed by atoms with Gasteiger partial charge in [-0.25, -0.2) is 4.79 Å². The van der Waals surface area contributed by atoms with Crippen LogP contribution in [0.1, 0.15) is 71.5 Å². The number of anilines is 1. The molecule has 0 radical (unpaired) electrons. The molecule has 7 rings (SSSR count). The Bertz CT molecular complexity index is 3060. The van der Waals surface area contributed by atoms with Crippen LogP contribution in [0.3, 0.4) is 0 Å². The first-order valence-electron chi connectivity index (χ1n) is 28.9. The van der Waals surface area contributed by atoms with Crippen LogP contribution < -0.4 is 56.7 Å². The average Bonchev–Trinajstić information content (AvgIpc) is 4.04. The number of nitrogens with one attached hydrogen (secondary N) is 5. The molecule has 0 saturated carbocycles. The number of alkyl carbamates (subject to hydrolysis) is 1. The molecule has 1 aliphatic rings. The minimum atomic E-state index is -0.973. The lowest BCUT2D eigenvalue weighted by Crippen LogP contribution is -2.47. The van der Waals surface area contributed by atoms with E-state index < -0.39 is 41.4 Å². The number of hydrogen-bond donors (Lipinski definition) is 6. The second kappa shape index (κ2) is 34.6. The van der Waals surface area contributed by atoms with Gasteiger partial charge in [0, 0.05) is 24.2 Å². The summed E-state index contributed by atoms with van der Waals surface area (Å²) in [5.74, 6) is -0.00257. The Hall–Kier alpha value is -8.37. The number of carbonyl (C=O) groups excluding carboxylic acids is 4. The molecule has 458 valence electrons. The van der Waals surface area contributed by atoms with Crippen LogP contribution in [0, 0.1) is 0 Å². The van der Waals surface area contributed by atoms with Gasteiger partial charge < -0.3 is 69.6 Å². The predicted molar refractivity (Wildman–Crippen MR) is 327 cm³/mol. The number of methoxy groups -OCH3 is 4. The number of ether oxygens (including phenoxy) is 9. The summed E-state index contributed by atoms with van der Waals surface area (Å²) >= 11 is 0. The molecule has 86 heavy (non-hydrogen) atoms. The van der Waals surface area contributed by atoms with E-state index in [1.165, 1.54) is 34.5 Å². The molecule has 7 N–H and O–H groups in total. The minimum Gasteiger partial charge on any atom is -0.493 e. The van der Waals surface area contributed by atoms with Crippen molar-refractivity contribution in [3.05, 3.63) is 183 Å². The van der Waals surface area contributed by atoms with Gasteiger partial charge in [0.2, 0.25) is 28.9 Å². The summed E-state index contributed by atoms with van der Waals surface area (Å²) in [6.07, 6.45) is 1.64. The van der Waals surface area contributed by atoms with Gasteiger partial charge in [0.15, 0.2) is 17.2 Å². The van der Waals surface area contributed by atoms with E-state index in [0.717, 1.165) is 22.3 Å². The lowest BCUT2D eigenvalue weighted by Gasteiger charge is -2.37. The van der Waals surface area contributed by atoms with Gasteiger partial charge in [0.05, 0.1) is 99.4 Å². The van der Waals surface area contributed by atoms with Crippen molar-refractivity contribution in [3.8, 4) is 34.1 Å². The zero-order chi connectivity index (χ0) is 60.9. The first kappa shape index (κ1) is 65.2. The van der Waals surface area contributed by atoms with Gasteiger partial charge >= 0.3 is 6.09 Å². The summed E-state index contributed by atoms with van der Waals surface area (Å²) in [6, 6.07) is 42.6. The highest BCUT2D eigenvalue weighted by Crippen LogP contribution is 2.50. The van der Waals surface area contributed by atoms with E-state index in [4.69, 9.17) is 48.4 Å². The van der Waals surface area contributed by atoms with Crippen molar-refractivity contribution in [1.29, 1.82) is 0 Å². The van der Waals surface area contributed by atoms with Crippen molar-refractivity contribution < 1.29 is 61.8 Å². The number of carbonyl (C=O) groups is 4. The van der Waals surface area contributed by atoms with E-state index in [-0.39, 0.29) is 50.4 Å². The fraction of sp³-hybridized carbons (Fsp3) is 0.379. The van der Waals surface area contributed by atoms with Gasteiger partial charge in [-0.1, -0.05) is 109 Å². The number of unbranched alkanes of at least 4 members (excludes halogenated alkanes) is 1. The molecule has 1 unspecified atom stereocenters. The molecule has 4 amide bonds. The van der Waals surface area contributed by atoms with Crippen LogP contribution in [0.2, 0.25) is 0 Å². The molecular formula is C66H80N6O14. The molecule has 1 aliphatic carbocycles. The topological polar surface area (TPSA) is 255 Å². The molecule has 20 nitrogen and oxygen atoms in total. The van der Waals surface area contributed by atoms with E-state index in [9.17, 15) is 24.0 Å². The maximum atomic E-state index is 14.2. The minimum absolute atomic E-state index is 0.0173. The standard InChI is InChI=1S/C66H80N6O14/c1-78-57-30-28-52-53(43-56(57)73)54(29-25-47-42-58(79-2)62(80-3)63(81-4)61(47)52)72-65(77)86-45-46-23-26-51(27-24-46)70-64(76)55(71-60(75)44-68-59(74)31-34-82-36-38-84-40-41-85-39-37-83-35-32-67)22-14-15-33-69-66(48-16-8-5-9-17-48,49-18-10-6-11-19-49)50-20-12-7-13-21-50/h5-13,16-21,23-24,26-28,30,42-43,54-55,69H,14-15,22,25,29,31-41,44-45,67H2,1-4H3,(H,68,74)(H,70,76)(H,71,75)(H,72,77)/t54-,55?/m0/s1. The third-order valence-electron chi connectivity index (χ3n) is 14.5. The third-order valence-corrected chi connectivity index (χ3v) is 14.5. The van der Waals surface area contributed by atoms with Gasteiger partial charge in [0.1, 0.15) is 12.6 Å². The first-order chi connectivity index (χ1) is 42.0. The van der Waals surface area contributed by atoms with Crippen LogP contribution in [0.15, 0.2) is 144 Å². The second-order valence-electron chi connectivity index (χ2n) is 20.1. The van der Waals surface area contributed by atoms with Crippen LogP contribution in [0.4, 0.5) is 10.5 Å². The third kappa shape index (κ3) is 18.3. The monoisotopic (exact) mass is 1180 g/mol. The van der Waals surface area contributed by atoms with Crippen molar-refractivity contribution in [2.75, 3.05) is 106 Å². The molecule has 0 saturated heterocycles. The van der Waals surface area contributed by atoms with Crippen molar-refractivity contribution >= 4 is 29.5 Å². The predicted octanol–water partition coefficient (Wildman–Crippen LogP) is 7.37. The summed E-state index contributed by atoms with van der Waals surface area (Å²) in [5.41, 5.74) is 11.3. The molecule has 0 spiro atoms. The molecule has 0 bridgehead atoms. The van der Waals surface area contributed by atoms with Crippen LogP contribution in [0.5, 0.6) is 23.0 Å². The van der Waals surface area contributed by atoms with Gasteiger partial charge in [-0.05, 0) is 108 Å². The average molecular weight is 1180 g/mol.